The van der Waals surface area contributed by atoms with E-state index in [-0.39, 0.29) is 23.4 Å². The molecule has 0 aliphatic rings. The number of carbonyl (C=O) groups is 1. The molecule has 1 aromatic carbocycles. The molecule has 3 rings (SSSR count). The minimum Gasteiger partial charge on any atom is -0.354 e. The van der Waals surface area contributed by atoms with E-state index >= 15 is 0 Å². The number of nitrogens with zero attached hydrogens (tertiary/aromatic N) is 2. The molecule has 7 heteroatoms. The van der Waals surface area contributed by atoms with Crippen LogP contribution >= 0.6 is 27.5 Å². The van der Waals surface area contributed by atoms with Gasteiger partial charge in [0.2, 0.25) is 5.91 Å². The van der Waals surface area contributed by atoms with Crippen molar-refractivity contribution in [3.8, 4) is 11.3 Å². The first kappa shape index (κ1) is 18.7. The molecule has 0 atom stereocenters. The number of nitrogens with one attached hydrogen (secondary N) is 1. The lowest BCUT2D eigenvalue weighted by Gasteiger charge is -2.13. The van der Waals surface area contributed by atoms with Crippen molar-refractivity contribution in [2.75, 3.05) is 0 Å². The normalized spacial score (nSPS) is 11.2. The number of rotatable bonds is 4. The van der Waals surface area contributed by atoms with Crippen LogP contribution in [0.5, 0.6) is 0 Å². The van der Waals surface area contributed by atoms with Gasteiger partial charge >= 0.3 is 0 Å². The van der Waals surface area contributed by atoms with Crippen LogP contribution in [0, 0.1) is 5.82 Å². The summed E-state index contributed by atoms with van der Waals surface area (Å²) < 4.78 is 14.4. The van der Waals surface area contributed by atoms with Crippen LogP contribution < -0.4 is 5.32 Å². The summed E-state index contributed by atoms with van der Waals surface area (Å²) in [6.07, 6.45) is 1.81. The number of aromatic nitrogens is 2. The van der Waals surface area contributed by atoms with Crippen LogP contribution in [-0.4, -0.2) is 21.9 Å². The molecule has 0 aliphatic carbocycles. The van der Waals surface area contributed by atoms with Gasteiger partial charge in [0.1, 0.15) is 5.82 Å². The van der Waals surface area contributed by atoms with Gasteiger partial charge < -0.3 is 5.32 Å². The minimum atomic E-state index is -0.502. The fourth-order valence-electron chi connectivity index (χ4n) is 2.66. The predicted octanol–water partition coefficient (Wildman–Crippen LogP) is 4.92. The van der Waals surface area contributed by atoms with E-state index in [1.165, 1.54) is 12.1 Å². The van der Waals surface area contributed by atoms with Crippen molar-refractivity contribution < 1.29 is 9.18 Å². The molecule has 0 bridgehead atoms. The average molecular weight is 437 g/mol. The van der Waals surface area contributed by atoms with Gasteiger partial charge in [-0.05, 0) is 65.7 Å². The van der Waals surface area contributed by atoms with Crippen molar-refractivity contribution in [1.29, 1.82) is 0 Å². The van der Waals surface area contributed by atoms with E-state index < -0.39 is 5.82 Å². The van der Waals surface area contributed by atoms with Crippen LogP contribution in [0.15, 0.2) is 41.0 Å². The largest absolute Gasteiger partial charge is 0.354 e. The molecule has 0 unspecified atom stereocenters. The number of amides is 1. The smallest absolute Gasteiger partial charge is 0.224 e. The van der Waals surface area contributed by atoms with E-state index in [4.69, 9.17) is 11.6 Å². The first-order chi connectivity index (χ1) is 12.3. The summed E-state index contributed by atoms with van der Waals surface area (Å²) in [5.41, 5.74) is 2.46. The summed E-state index contributed by atoms with van der Waals surface area (Å²) in [5.74, 6) is -0.615. The maximum Gasteiger partial charge on any atom is 0.224 e. The molecule has 2 aromatic heterocycles. The zero-order valence-electron chi connectivity index (χ0n) is 14.2. The second-order valence-corrected chi connectivity index (χ2v) is 7.55. The van der Waals surface area contributed by atoms with Gasteiger partial charge in [0.25, 0.3) is 0 Å². The van der Waals surface area contributed by atoms with Crippen LogP contribution in [0.25, 0.3) is 22.3 Å². The Morgan fingerprint density at radius 3 is 2.77 bits per heavy atom. The van der Waals surface area contributed by atoms with Crippen molar-refractivity contribution in [3.05, 3.63) is 57.4 Å². The van der Waals surface area contributed by atoms with Crippen molar-refractivity contribution in [3.63, 3.8) is 0 Å². The minimum absolute atomic E-state index is 0.00532. The molecule has 0 radical (unpaired) electrons. The monoisotopic (exact) mass is 435 g/mol. The standard InChI is InChI=1S/C19H16BrClFN3O/c1-10(2)24-17(26)8-12-5-13-6-14(20)9-23-19(13)25-18(12)11-3-4-16(22)15(21)7-11/h3-7,9-10H,8H2,1-2H3,(H,24,26). The molecule has 4 nitrogen and oxygen atoms in total. The number of hydrogen-bond acceptors (Lipinski definition) is 3. The van der Waals surface area contributed by atoms with E-state index in [1.807, 2.05) is 26.0 Å². The third-order valence-corrected chi connectivity index (χ3v) is 4.43. The number of carbonyl (C=O) groups excluding carboxylic acids is 1. The summed E-state index contributed by atoms with van der Waals surface area (Å²) in [6.45, 7) is 3.80. The summed E-state index contributed by atoms with van der Waals surface area (Å²) in [5, 5.41) is 3.69. The maximum absolute atomic E-state index is 13.5. The van der Waals surface area contributed by atoms with Crippen molar-refractivity contribution >= 4 is 44.5 Å². The highest BCUT2D eigenvalue weighted by Crippen LogP contribution is 2.29. The molecule has 0 aliphatic heterocycles. The summed E-state index contributed by atoms with van der Waals surface area (Å²) in [4.78, 5) is 21.2. The third kappa shape index (κ3) is 4.19. The Kier molecular flexibility index (Phi) is 5.53. The van der Waals surface area contributed by atoms with E-state index in [0.717, 1.165) is 15.4 Å². The Morgan fingerprint density at radius 2 is 2.08 bits per heavy atom. The number of hydrogen-bond donors (Lipinski definition) is 1. The molecule has 1 N–H and O–H groups in total. The Hall–Kier alpha value is -2.05. The van der Waals surface area contributed by atoms with Crippen molar-refractivity contribution in [2.24, 2.45) is 0 Å². The zero-order valence-corrected chi connectivity index (χ0v) is 16.5. The van der Waals surface area contributed by atoms with Gasteiger partial charge in [-0.3, -0.25) is 4.79 Å². The predicted molar refractivity (Wildman–Crippen MR) is 105 cm³/mol. The Morgan fingerprint density at radius 1 is 1.31 bits per heavy atom. The molecular formula is C19H16BrClFN3O. The molecular weight excluding hydrogens is 421 g/mol. The molecule has 2 heterocycles. The van der Waals surface area contributed by atoms with Crippen LogP contribution in [0.1, 0.15) is 19.4 Å². The Labute approximate surface area is 163 Å². The first-order valence-corrected chi connectivity index (χ1v) is 9.20. The SMILES string of the molecule is CC(C)NC(=O)Cc1cc2cc(Br)cnc2nc1-c1ccc(F)c(Cl)c1. The molecule has 26 heavy (non-hydrogen) atoms. The zero-order chi connectivity index (χ0) is 18.8. The van der Waals surface area contributed by atoms with Gasteiger partial charge in [0, 0.05) is 27.7 Å². The van der Waals surface area contributed by atoms with Crippen LogP contribution in [-0.2, 0) is 11.2 Å². The second kappa shape index (κ2) is 7.68. The van der Waals surface area contributed by atoms with Gasteiger partial charge in [-0.2, -0.15) is 0 Å². The van der Waals surface area contributed by atoms with Gasteiger partial charge in [-0.1, -0.05) is 11.6 Å². The molecule has 1 amide bonds. The number of pyridine rings is 2. The van der Waals surface area contributed by atoms with Crippen LogP contribution in [0.2, 0.25) is 5.02 Å². The summed E-state index contributed by atoms with van der Waals surface area (Å²) >= 11 is 9.32. The van der Waals surface area contributed by atoms with Gasteiger partial charge in [0.15, 0.2) is 5.65 Å². The molecule has 0 spiro atoms. The molecule has 0 saturated carbocycles. The van der Waals surface area contributed by atoms with E-state index in [9.17, 15) is 9.18 Å². The van der Waals surface area contributed by atoms with Gasteiger partial charge in [-0.15, -0.1) is 0 Å². The highest BCUT2D eigenvalue weighted by Gasteiger charge is 2.15. The van der Waals surface area contributed by atoms with E-state index in [2.05, 4.69) is 31.2 Å². The van der Waals surface area contributed by atoms with Gasteiger partial charge in [-0.25, -0.2) is 14.4 Å². The average Bonchev–Trinajstić information content (AvgIpc) is 2.56. The third-order valence-electron chi connectivity index (χ3n) is 3.71. The highest BCUT2D eigenvalue weighted by molar-refractivity contribution is 9.10. The fraction of sp³-hybridized carbons (Fsp3) is 0.211. The van der Waals surface area contributed by atoms with Crippen molar-refractivity contribution in [2.45, 2.75) is 26.3 Å². The van der Waals surface area contributed by atoms with E-state index in [1.54, 1.807) is 12.3 Å². The second-order valence-electron chi connectivity index (χ2n) is 6.22. The lowest BCUT2D eigenvalue weighted by atomic mass is 10.0. The molecule has 3 aromatic rings. The fourth-order valence-corrected chi connectivity index (χ4v) is 3.18. The molecule has 0 saturated heterocycles. The summed E-state index contributed by atoms with van der Waals surface area (Å²) in [6, 6.07) is 8.20. The van der Waals surface area contributed by atoms with Crippen molar-refractivity contribution in [1.82, 2.24) is 15.3 Å². The lowest BCUT2D eigenvalue weighted by molar-refractivity contribution is -0.120. The van der Waals surface area contributed by atoms with Crippen LogP contribution in [0.4, 0.5) is 4.39 Å². The quantitative estimate of drug-likeness (QED) is 0.631. The van der Waals surface area contributed by atoms with Crippen LogP contribution in [0.3, 0.4) is 0 Å². The highest BCUT2D eigenvalue weighted by atomic mass is 79.9. The van der Waals surface area contributed by atoms with E-state index in [0.29, 0.717) is 16.9 Å². The number of benzene rings is 1. The Bertz CT molecular complexity index is 994. The first-order valence-electron chi connectivity index (χ1n) is 8.03. The topological polar surface area (TPSA) is 54.9 Å². The maximum atomic E-state index is 13.5. The number of fused-ring (bicyclic) bond motifs is 1. The number of halogens is 3. The summed E-state index contributed by atoms with van der Waals surface area (Å²) in [7, 11) is 0. The lowest BCUT2D eigenvalue weighted by Crippen LogP contribution is -2.31. The molecule has 0 fully saturated rings. The molecule has 134 valence electrons. The Balaban J connectivity index is 2.14. The van der Waals surface area contributed by atoms with Gasteiger partial charge in [0.05, 0.1) is 17.1 Å².